The van der Waals surface area contributed by atoms with Gasteiger partial charge in [-0.1, -0.05) is 0 Å². The molecule has 0 rings (SSSR count). The van der Waals surface area contributed by atoms with Gasteiger partial charge in [0.2, 0.25) is 0 Å². The van der Waals surface area contributed by atoms with Gasteiger partial charge in [-0.25, -0.2) is 0 Å². The number of hydrogen-bond acceptors (Lipinski definition) is 0. The molecule has 5 heteroatoms. The molecule has 0 heterocycles. The molecule has 32 valence electrons. The van der Waals surface area contributed by atoms with E-state index in [-0.39, 0.29) is 0 Å². The first kappa shape index (κ1) is 7.54. The second-order valence-corrected chi connectivity index (χ2v) is 16.1. The van der Waals surface area contributed by atoms with E-state index in [1.165, 1.54) is 0 Å². The maximum absolute atomic E-state index is 5.55. The Morgan fingerprint density at radius 2 is 1.20 bits per heavy atom. The summed E-state index contributed by atoms with van der Waals surface area (Å²) in [6.45, 7) is 0. The molecule has 0 aromatic heterocycles. The van der Waals surface area contributed by atoms with Gasteiger partial charge >= 0.3 is 0 Å². The molecule has 0 spiro atoms. The normalized spacial score (nSPS) is 12.0. The van der Waals surface area contributed by atoms with E-state index in [0.29, 0.717) is 0 Å². The van der Waals surface area contributed by atoms with Gasteiger partial charge in [0, 0.05) is 0 Å². The van der Waals surface area contributed by atoms with Gasteiger partial charge in [-0.05, 0) is 0 Å². The van der Waals surface area contributed by atoms with E-state index in [0.717, 1.165) is 0 Å². The highest BCUT2D eigenvalue weighted by Gasteiger charge is 1.99. The summed E-state index contributed by atoms with van der Waals surface area (Å²) < 4.78 is -0.618. The van der Waals surface area contributed by atoms with E-state index >= 15 is 0 Å². The molecule has 0 aliphatic heterocycles. The number of halogens is 4. The van der Waals surface area contributed by atoms with E-state index in [1.54, 1.807) is 0 Å². The van der Waals surface area contributed by atoms with Crippen molar-refractivity contribution in [3.63, 3.8) is 0 Å². The Morgan fingerprint density at radius 1 is 1.20 bits per heavy atom. The van der Waals surface area contributed by atoms with Crippen molar-refractivity contribution in [2.45, 2.75) is 0 Å². The van der Waals surface area contributed by atoms with Crippen molar-refractivity contribution in [1.29, 1.82) is 0 Å². The SMILES string of the molecule is Cl[B-](I)(I)I. The highest BCUT2D eigenvalue weighted by atomic mass is 127. The van der Waals surface area contributed by atoms with Crippen molar-refractivity contribution in [1.82, 2.24) is 0 Å². The van der Waals surface area contributed by atoms with Crippen LogP contribution in [0.1, 0.15) is 0 Å². The molecule has 0 bridgehead atoms. The third kappa shape index (κ3) is 20.9. The Hall–Kier alpha value is 2.54. The molecule has 0 saturated carbocycles. The third-order valence-corrected chi connectivity index (χ3v) is 0. The van der Waals surface area contributed by atoms with Gasteiger partial charge in [-0.15, -0.1) is 0 Å². The molecular formula is BClI3-. The van der Waals surface area contributed by atoms with Crippen LogP contribution in [0, 0.1) is 0 Å². The minimum absolute atomic E-state index is 0.618. The lowest BCUT2D eigenvalue weighted by atomic mass is 10.7. The Bertz CT molecular complexity index is 22.4. The first-order valence-electron chi connectivity index (χ1n) is 0.873. The topological polar surface area (TPSA) is 0 Å². The lowest BCUT2D eigenvalue weighted by Crippen LogP contribution is -1.86. The maximum Gasteiger partial charge on any atom is 0.256 e. The molecule has 5 heavy (non-hydrogen) atoms. The van der Waals surface area contributed by atoms with Crippen molar-refractivity contribution in [2.75, 3.05) is 0 Å². The molecule has 0 unspecified atom stereocenters. The third-order valence-electron chi connectivity index (χ3n) is 0. The van der Waals surface area contributed by atoms with Gasteiger partial charge in [-0.3, -0.25) is 0 Å². The van der Waals surface area contributed by atoms with Crippen LogP contribution in [0.3, 0.4) is 0 Å². The molecular weight excluding hydrogens is 427 g/mol. The van der Waals surface area contributed by atoms with Crippen molar-refractivity contribution >= 4 is 77.7 Å². The second kappa shape index (κ2) is 2.76. The summed E-state index contributed by atoms with van der Waals surface area (Å²) in [6, 6.07) is 0. The first-order chi connectivity index (χ1) is 2.00. The minimum atomic E-state index is -0.618. The van der Waals surface area contributed by atoms with Crippen molar-refractivity contribution in [2.24, 2.45) is 0 Å². The zero-order valence-electron chi connectivity index (χ0n) is 2.09. The average Bonchev–Trinajstić information content (AvgIpc) is 0.722. The number of hydrogen-bond donors (Lipinski definition) is 0. The minimum Gasteiger partial charge on any atom is -0.348 e. The van der Waals surface area contributed by atoms with E-state index in [9.17, 15) is 0 Å². The molecule has 0 fully saturated rings. The molecule has 0 aromatic carbocycles. The molecule has 0 aromatic rings. The molecule has 0 nitrogen and oxygen atoms in total. The highest BCUT2D eigenvalue weighted by molar-refractivity contribution is 14.4. The van der Waals surface area contributed by atoms with Gasteiger partial charge in [0.25, 0.3) is -0.869 Å². The fourth-order valence-corrected chi connectivity index (χ4v) is 0. The van der Waals surface area contributed by atoms with Crippen molar-refractivity contribution in [3.05, 3.63) is 0 Å². The summed E-state index contributed by atoms with van der Waals surface area (Å²) >= 11 is 12.1. The van der Waals surface area contributed by atoms with Crippen molar-refractivity contribution in [3.8, 4) is 0 Å². The lowest BCUT2D eigenvalue weighted by molar-refractivity contribution is 4.62. The van der Waals surface area contributed by atoms with E-state index in [2.05, 4.69) is 67.1 Å². The van der Waals surface area contributed by atoms with Gasteiger partial charge in [0.1, 0.15) is 0 Å². The van der Waals surface area contributed by atoms with Crippen LogP contribution in [-0.4, -0.2) is -0.869 Å². The number of rotatable bonds is 0. The van der Waals surface area contributed by atoms with Crippen LogP contribution < -0.4 is 0 Å². The highest BCUT2D eigenvalue weighted by Crippen LogP contribution is 2.32. The monoisotopic (exact) mass is 427 g/mol. The van der Waals surface area contributed by atoms with Gasteiger partial charge in [0.15, 0.2) is 0 Å². The zero-order chi connectivity index (χ0) is 4.50. The lowest BCUT2D eigenvalue weighted by Gasteiger charge is -2.05. The molecule has 0 aliphatic rings. The van der Waals surface area contributed by atoms with Crippen LogP contribution >= 0.6 is 78.6 Å². The van der Waals surface area contributed by atoms with Crippen LogP contribution in [0.15, 0.2) is 0 Å². The molecule has 0 amide bonds. The molecule has 0 N–H and O–H groups in total. The van der Waals surface area contributed by atoms with Crippen molar-refractivity contribution < 1.29 is 0 Å². The van der Waals surface area contributed by atoms with E-state index in [1.807, 2.05) is 0 Å². The average molecular weight is 427 g/mol. The summed E-state index contributed by atoms with van der Waals surface area (Å²) in [6.07, 6.45) is 0. The van der Waals surface area contributed by atoms with Crippen LogP contribution in [0.5, 0.6) is 0 Å². The van der Waals surface area contributed by atoms with Crippen LogP contribution in [0.25, 0.3) is 0 Å². The quantitative estimate of drug-likeness (QED) is 0.412. The van der Waals surface area contributed by atoms with E-state index < -0.39 is -0.869 Å². The Morgan fingerprint density at radius 3 is 1.20 bits per heavy atom. The summed E-state index contributed by atoms with van der Waals surface area (Å²) in [5.41, 5.74) is 0. The maximum atomic E-state index is 5.55. The fraction of sp³-hybridized carbons (Fsp3) is 0. The summed E-state index contributed by atoms with van der Waals surface area (Å²) in [5.74, 6) is 0. The predicted molar refractivity (Wildman–Crippen MR) is 53.7 cm³/mol. The Labute approximate surface area is 76.2 Å². The predicted octanol–water partition coefficient (Wildman–Crippen LogP) is 2.97. The van der Waals surface area contributed by atoms with Crippen LogP contribution in [-0.2, 0) is 0 Å². The van der Waals surface area contributed by atoms with E-state index in [4.69, 9.17) is 11.5 Å². The van der Waals surface area contributed by atoms with Gasteiger partial charge in [-0.2, -0.15) is 0 Å². The van der Waals surface area contributed by atoms with Gasteiger partial charge < -0.3 is 78.6 Å². The van der Waals surface area contributed by atoms with Gasteiger partial charge in [0.05, 0.1) is 0 Å². The zero-order valence-corrected chi connectivity index (χ0v) is 9.32. The second-order valence-electron chi connectivity index (χ2n) is 0.495. The van der Waals surface area contributed by atoms with Crippen LogP contribution in [0.4, 0.5) is 0 Å². The summed E-state index contributed by atoms with van der Waals surface area (Å²) in [4.78, 5) is 0. The molecule has 0 aliphatic carbocycles. The Balaban J connectivity index is 3.02. The summed E-state index contributed by atoms with van der Waals surface area (Å²) in [5, 5.41) is 0. The molecule has 0 atom stereocenters. The summed E-state index contributed by atoms with van der Waals surface area (Å²) in [7, 11) is 0. The molecule has 0 saturated heterocycles. The van der Waals surface area contributed by atoms with Crippen LogP contribution in [0.2, 0.25) is 0 Å². The fourth-order valence-electron chi connectivity index (χ4n) is 0. The molecule has 0 radical (unpaired) electrons. The first-order valence-corrected chi connectivity index (χ1v) is 5.05. The largest absolute Gasteiger partial charge is 0.348 e. The smallest absolute Gasteiger partial charge is 0.256 e. The Kier molecular flexibility index (Phi) is 4.16. The standard InChI is InChI=1S/BClI3/c2-1(3,4)5/q-1.